The molecule has 2 aromatic rings. The first-order chi connectivity index (χ1) is 17.9. The van der Waals surface area contributed by atoms with Gasteiger partial charge < -0.3 is 19.1 Å². The SMILES string of the molecule is COC(=O)CC(C(=O)N1CCc2cc(OCCCc3ccc(F)cc3F)ccc21)N(C)C(=O)OC(C)(C)C. The smallest absolute Gasteiger partial charge is 0.410 e. The Hall–Kier alpha value is -3.69. The topological polar surface area (TPSA) is 85.4 Å². The number of ether oxygens (including phenoxy) is 3. The predicted molar refractivity (Wildman–Crippen MR) is 137 cm³/mol. The maximum atomic E-state index is 13.8. The van der Waals surface area contributed by atoms with Crippen molar-refractivity contribution in [1.29, 1.82) is 0 Å². The minimum absolute atomic E-state index is 0.313. The summed E-state index contributed by atoms with van der Waals surface area (Å²) < 4.78 is 42.8. The molecule has 0 saturated carbocycles. The average Bonchev–Trinajstić information content (AvgIpc) is 3.27. The molecule has 10 heteroatoms. The highest BCUT2D eigenvalue weighted by molar-refractivity contribution is 6.02. The molecule has 0 bridgehead atoms. The van der Waals surface area contributed by atoms with Crippen LogP contribution in [-0.4, -0.2) is 61.8 Å². The van der Waals surface area contributed by atoms with Crippen molar-refractivity contribution in [2.45, 2.75) is 58.1 Å². The highest BCUT2D eigenvalue weighted by atomic mass is 19.1. The van der Waals surface area contributed by atoms with Crippen molar-refractivity contribution < 1.29 is 37.4 Å². The number of methoxy groups -OCH3 is 1. The average molecular weight is 533 g/mol. The van der Waals surface area contributed by atoms with Crippen LogP contribution in [0, 0.1) is 11.6 Å². The molecule has 3 rings (SSSR count). The van der Waals surface area contributed by atoms with Gasteiger partial charge in [-0.1, -0.05) is 6.07 Å². The van der Waals surface area contributed by atoms with E-state index < -0.39 is 41.2 Å². The Kier molecular flexibility index (Phi) is 9.30. The highest BCUT2D eigenvalue weighted by Crippen LogP contribution is 2.33. The summed E-state index contributed by atoms with van der Waals surface area (Å²) in [5.41, 5.74) is 1.21. The molecule has 1 atom stereocenters. The number of benzene rings is 2. The number of rotatable bonds is 9. The third-order valence-electron chi connectivity index (χ3n) is 6.11. The Bertz CT molecular complexity index is 1180. The molecule has 0 N–H and O–H groups in total. The van der Waals surface area contributed by atoms with Gasteiger partial charge in [-0.05, 0) is 75.4 Å². The van der Waals surface area contributed by atoms with Gasteiger partial charge in [-0.25, -0.2) is 13.6 Å². The molecule has 8 nitrogen and oxygen atoms in total. The van der Waals surface area contributed by atoms with Crippen LogP contribution < -0.4 is 9.64 Å². The molecule has 206 valence electrons. The highest BCUT2D eigenvalue weighted by Gasteiger charge is 2.37. The van der Waals surface area contributed by atoms with Crippen molar-refractivity contribution in [2.75, 3.05) is 32.2 Å². The zero-order valence-corrected chi connectivity index (χ0v) is 22.4. The summed E-state index contributed by atoms with van der Waals surface area (Å²) in [5, 5.41) is 0. The van der Waals surface area contributed by atoms with E-state index >= 15 is 0 Å². The summed E-state index contributed by atoms with van der Waals surface area (Å²) in [7, 11) is 2.64. The molecule has 0 spiro atoms. The lowest BCUT2D eigenvalue weighted by Gasteiger charge is -2.32. The van der Waals surface area contributed by atoms with Crippen LogP contribution >= 0.6 is 0 Å². The van der Waals surface area contributed by atoms with E-state index in [4.69, 9.17) is 14.2 Å². The fourth-order valence-electron chi connectivity index (χ4n) is 4.15. The molecule has 0 aromatic heterocycles. The van der Waals surface area contributed by atoms with Crippen LogP contribution in [-0.2, 0) is 31.9 Å². The van der Waals surface area contributed by atoms with Gasteiger partial charge in [0.05, 0.1) is 20.1 Å². The number of hydrogen-bond donors (Lipinski definition) is 0. The van der Waals surface area contributed by atoms with Crippen molar-refractivity contribution in [3.8, 4) is 5.75 Å². The summed E-state index contributed by atoms with van der Waals surface area (Å²) in [6.45, 7) is 5.86. The van der Waals surface area contributed by atoms with E-state index in [9.17, 15) is 23.2 Å². The molecule has 1 heterocycles. The number of likely N-dealkylation sites (N-methyl/N-ethyl adjacent to an activating group) is 1. The number of amides is 2. The minimum Gasteiger partial charge on any atom is -0.494 e. The van der Waals surface area contributed by atoms with E-state index in [2.05, 4.69) is 0 Å². The van der Waals surface area contributed by atoms with Crippen LogP contribution in [0.1, 0.15) is 44.7 Å². The van der Waals surface area contributed by atoms with Crippen molar-refractivity contribution in [3.05, 3.63) is 59.2 Å². The molecule has 38 heavy (non-hydrogen) atoms. The van der Waals surface area contributed by atoms with Crippen molar-refractivity contribution in [2.24, 2.45) is 0 Å². The Labute approximate surface area is 221 Å². The van der Waals surface area contributed by atoms with Crippen LogP contribution in [0.3, 0.4) is 0 Å². The zero-order valence-electron chi connectivity index (χ0n) is 22.4. The second kappa shape index (κ2) is 12.2. The van der Waals surface area contributed by atoms with E-state index in [1.165, 1.54) is 26.3 Å². The maximum absolute atomic E-state index is 13.8. The van der Waals surface area contributed by atoms with Crippen LogP contribution in [0.2, 0.25) is 0 Å². The fourth-order valence-corrected chi connectivity index (χ4v) is 4.15. The third-order valence-corrected chi connectivity index (χ3v) is 6.11. The Morgan fingerprint density at radius 2 is 1.84 bits per heavy atom. The molecule has 0 radical (unpaired) electrons. The third kappa shape index (κ3) is 7.43. The molecule has 0 fully saturated rings. The Morgan fingerprint density at radius 3 is 2.50 bits per heavy atom. The molecule has 2 aromatic carbocycles. The van der Waals surface area contributed by atoms with Gasteiger partial charge in [-0.3, -0.25) is 14.5 Å². The number of carbonyl (C=O) groups is 3. The molecule has 1 aliphatic rings. The zero-order chi connectivity index (χ0) is 28.0. The first-order valence-corrected chi connectivity index (χ1v) is 12.4. The van der Waals surface area contributed by atoms with Crippen molar-refractivity contribution in [3.63, 3.8) is 0 Å². The van der Waals surface area contributed by atoms with Gasteiger partial charge in [0.2, 0.25) is 0 Å². The van der Waals surface area contributed by atoms with Gasteiger partial charge >= 0.3 is 12.1 Å². The van der Waals surface area contributed by atoms with Crippen LogP contribution in [0.25, 0.3) is 0 Å². The minimum atomic E-state index is -1.11. The van der Waals surface area contributed by atoms with Crippen LogP contribution in [0.15, 0.2) is 36.4 Å². The first-order valence-electron chi connectivity index (χ1n) is 12.4. The summed E-state index contributed by atoms with van der Waals surface area (Å²) >= 11 is 0. The molecule has 1 aliphatic heterocycles. The Morgan fingerprint density at radius 1 is 1.11 bits per heavy atom. The number of hydrogen-bond acceptors (Lipinski definition) is 6. The van der Waals surface area contributed by atoms with E-state index in [1.54, 1.807) is 37.8 Å². The summed E-state index contributed by atoms with van der Waals surface area (Å²) in [6.07, 6.45) is 0.485. The van der Waals surface area contributed by atoms with Gasteiger partial charge in [-0.15, -0.1) is 0 Å². The second-order valence-electron chi connectivity index (χ2n) is 10.1. The Balaban J connectivity index is 1.66. The molecular formula is C28H34F2N2O6. The number of halogens is 2. The summed E-state index contributed by atoms with van der Waals surface area (Å²) in [4.78, 5) is 40.9. The normalized spacial score (nSPS) is 13.5. The number of carbonyl (C=O) groups excluding carboxylic acids is 3. The molecule has 1 unspecified atom stereocenters. The molecule has 0 saturated heterocycles. The quantitative estimate of drug-likeness (QED) is 0.345. The molecule has 0 aliphatic carbocycles. The molecule has 2 amide bonds. The number of nitrogens with zero attached hydrogens (tertiary/aromatic N) is 2. The van der Waals surface area contributed by atoms with Gasteiger partial charge in [0, 0.05) is 25.3 Å². The first kappa shape index (κ1) is 28.9. The predicted octanol–water partition coefficient (Wildman–Crippen LogP) is 4.66. The van der Waals surface area contributed by atoms with Gasteiger partial charge in [0.25, 0.3) is 5.91 Å². The van der Waals surface area contributed by atoms with E-state index in [-0.39, 0.29) is 6.42 Å². The van der Waals surface area contributed by atoms with Crippen LogP contribution in [0.4, 0.5) is 19.3 Å². The summed E-state index contributed by atoms with van der Waals surface area (Å²) in [6, 6.07) is 7.76. The fraction of sp³-hybridized carbons (Fsp3) is 0.464. The van der Waals surface area contributed by atoms with Gasteiger partial charge in [0.15, 0.2) is 0 Å². The van der Waals surface area contributed by atoms with Crippen LogP contribution in [0.5, 0.6) is 5.75 Å². The van der Waals surface area contributed by atoms with Gasteiger partial charge in [-0.2, -0.15) is 0 Å². The lowest BCUT2D eigenvalue weighted by molar-refractivity contribution is -0.144. The second-order valence-corrected chi connectivity index (χ2v) is 10.1. The van der Waals surface area contributed by atoms with E-state index in [0.29, 0.717) is 49.4 Å². The van der Waals surface area contributed by atoms with E-state index in [1.807, 2.05) is 6.07 Å². The van der Waals surface area contributed by atoms with Crippen molar-refractivity contribution in [1.82, 2.24) is 4.90 Å². The summed E-state index contributed by atoms with van der Waals surface area (Å²) in [5.74, 6) is -1.62. The van der Waals surface area contributed by atoms with Crippen molar-refractivity contribution >= 4 is 23.7 Å². The molecular weight excluding hydrogens is 498 g/mol. The lowest BCUT2D eigenvalue weighted by atomic mass is 10.1. The van der Waals surface area contributed by atoms with E-state index in [0.717, 1.165) is 16.5 Å². The number of esters is 1. The number of aryl methyl sites for hydroxylation is 1. The number of anilines is 1. The lowest BCUT2D eigenvalue weighted by Crippen LogP contribution is -2.51. The number of fused-ring (bicyclic) bond motifs is 1. The largest absolute Gasteiger partial charge is 0.494 e. The standard InChI is InChI=1S/C28H34F2N2O6/c1-28(2,3)38-27(35)31(4)24(17-25(33)36-5)26(34)32-13-12-19-15-21(10-11-23(19)32)37-14-6-7-18-8-9-20(29)16-22(18)30/h8-11,15-16,24H,6-7,12-14,17H2,1-5H3. The van der Waals surface area contributed by atoms with Gasteiger partial charge in [0.1, 0.15) is 29.0 Å². The monoisotopic (exact) mass is 532 g/mol. The maximum Gasteiger partial charge on any atom is 0.410 e.